The molecular formula is C13H12N6O. The summed E-state index contributed by atoms with van der Waals surface area (Å²) >= 11 is 0. The van der Waals surface area contributed by atoms with Crippen LogP contribution in [0.25, 0.3) is 17.1 Å². The highest BCUT2D eigenvalue weighted by Crippen LogP contribution is 2.31. The third-order valence-corrected chi connectivity index (χ3v) is 2.83. The Balaban J connectivity index is 2.18. The van der Waals surface area contributed by atoms with Gasteiger partial charge in [0.2, 0.25) is 0 Å². The van der Waals surface area contributed by atoms with Crippen LogP contribution in [0.15, 0.2) is 42.9 Å². The molecule has 0 aliphatic heterocycles. The third kappa shape index (κ3) is 1.95. The Morgan fingerprint density at radius 1 is 1.15 bits per heavy atom. The monoisotopic (exact) mass is 268 g/mol. The SMILES string of the molecule is COc1c(N)ncnc1-c1cnnn1-c1ccccc1. The first kappa shape index (κ1) is 12.1. The van der Waals surface area contributed by atoms with Crippen molar-refractivity contribution in [3.63, 3.8) is 0 Å². The lowest BCUT2D eigenvalue weighted by Crippen LogP contribution is -2.04. The summed E-state index contributed by atoms with van der Waals surface area (Å²) in [4.78, 5) is 8.14. The molecule has 20 heavy (non-hydrogen) atoms. The Bertz CT molecular complexity index is 725. The average molecular weight is 268 g/mol. The largest absolute Gasteiger partial charge is 0.491 e. The zero-order chi connectivity index (χ0) is 13.9. The van der Waals surface area contributed by atoms with Crippen LogP contribution in [0.4, 0.5) is 5.82 Å². The van der Waals surface area contributed by atoms with E-state index in [9.17, 15) is 0 Å². The number of ether oxygens (including phenoxy) is 1. The van der Waals surface area contributed by atoms with Gasteiger partial charge in [-0.05, 0) is 12.1 Å². The summed E-state index contributed by atoms with van der Waals surface area (Å²) in [5, 5.41) is 8.01. The molecule has 100 valence electrons. The minimum atomic E-state index is 0.276. The zero-order valence-corrected chi connectivity index (χ0v) is 10.8. The molecule has 0 fully saturated rings. The molecule has 0 saturated heterocycles. The number of aromatic nitrogens is 5. The van der Waals surface area contributed by atoms with Gasteiger partial charge in [-0.1, -0.05) is 23.4 Å². The first-order valence-electron chi connectivity index (χ1n) is 5.92. The van der Waals surface area contributed by atoms with E-state index < -0.39 is 0 Å². The van der Waals surface area contributed by atoms with E-state index in [1.807, 2.05) is 30.3 Å². The molecule has 0 aliphatic carbocycles. The van der Waals surface area contributed by atoms with Crippen molar-refractivity contribution in [3.05, 3.63) is 42.9 Å². The third-order valence-electron chi connectivity index (χ3n) is 2.83. The molecule has 0 aliphatic rings. The van der Waals surface area contributed by atoms with E-state index in [2.05, 4.69) is 20.3 Å². The number of rotatable bonds is 3. The molecule has 0 atom stereocenters. The maximum absolute atomic E-state index is 5.80. The topological polar surface area (TPSA) is 91.7 Å². The van der Waals surface area contributed by atoms with Crippen molar-refractivity contribution in [1.29, 1.82) is 0 Å². The van der Waals surface area contributed by atoms with Gasteiger partial charge in [-0.15, -0.1) is 5.10 Å². The molecule has 0 bridgehead atoms. The van der Waals surface area contributed by atoms with Gasteiger partial charge >= 0.3 is 0 Å². The summed E-state index contributed by atoms with van der Waals surface area (Å²) in [5.41, 5.74) is 7.91. The van der Waals surface area contributed by atoms with Crippen LogP contribution in [-0.2, 0) is 0 Å². The quantitative estimate of drug-likeness (QED) is 0.770. The Hall–Kier alpha value is -2.96. The predicted molar refractivity (Wildman–Crippen MR) is 73.3 cm³/mol. The Labute approximate surface area is 115 Å². The van der Waals surface area contributed by atoms with Crippen LogP contribution >= 0.6 is 0 Å². The molecule has 3 aromatic rings. The highest BCUT2D eigenvalue weighted by molar-refractivity contribution is 5.69. The second-order valence-corrected chi connectivity index (χ2v) is 4.01. The van der Waals surface area contributed by atoms with Crippen LogP contribution in [-0.4, -0.2) is 32.1 Å². The standard InChI is InChI=1S/C13H12N6O/c1-20-12-11(15-8-16-13(12)14)10-7-17-18-19(10)9-5-3-2-4-6-9/h2-8H,1H3,(H2,14,15,16). The van der Waals surface area contributed by atoms with Crippen molar-refractivity contribution in [2.75, 3.05) is 12.8 Å². The summed E-state index contributed by atoms with van der Waals surface area (Å²) < 4.78 is 6.94. The molecule has 2 heterocycles. The molecule has 0 saturated carbocycles. The number of para-hydroxylation sites is 1. The number of nitrogens with two attached hydrogens (primary N) is 1. The van der Waals surface area contributed by atoms with E-state index in [0.717, 1.165) is 5.69 Å². The van der Waals surface area contributed by atoms with Crippen LogP contribution in [0.3, 0.4) is 0 Å². The number of nitrogens with zero attached hydrogens (tertiary/aromatic N) is 5. The smallest absolute Gasteiger partial charge is 0.189 e. The lowest BCUT2D eigenvalue weighted by molar-refractivity contribution is 0.415. The average Bonchev–Trinajstić information content (AvgIpc) is 2.97. The fourth-order valence-electron chi connectivity index (χ4n) is 1.93. The van der Waals surface area contributed by atoms with E-state index >= 15 is 0 Å². The molecule has 7 heteroatoms. The Morgan fingerprint density at radius 2 is 1.95 bits per heavy atom. The number of hydrogen-bond acceptors (Lipinski definition) is 6. The number of methoxy groups -OCH3 is 1. The zero-order valence-electron chi connectivity index (χ0n) is 10.8. The molecule has 7 nitrogen and oxygen atoms in total. The van der Waals surface area contributed by atoms with Gasteiger partial charge in [0, 0.05) is 0 Å². The van der Waals surface area contributed by atoms with E-state index in [4.69, 9.17) is 10.5 Å². The van der Waals surface area contributed by atoms with Crippen molar-refractivity contribution in [1.82, 2.24) is 25.0 Å². The van der Waals surface area contributed by atoms with Gasteiger partial charge in [-0.25, -0.2) is 14.6 Å². The van der Waals surface area contributed by atoms with Crippen molar-refractivity contribution in [2.24, 2.45) is 0 Å². The van der Waals surface area contributed by atoms with Crippen molar-refractivity contribution in [3.8, 4) is 22.8 Å². The first-order chi connectivity index (χ1) is 9.81. The van der Waals surface area contributed by atoms with Gasteiger partial charge in [0.05, 0.1) is 19.0 Å². The lowest BCUT2D eigenvalue weighted by Gasteiger charge is -2.10. The normalized spacial score (nSPS) is 10.4. The number of hydrogen-bond donors (Lipinski definition) is 1. The van der Waals surface area contributed by atoms with Crippen LogP contribution in [0.5, 0.6) is 5.75 Å². The molecule has 0 spiro atoms. The van der Waals surface area contributed by atoms with Gasteiger partial charge < -0.3 is 10.5 Å². The predicted octanol–water partition coefficient (Wildman–Crippen LogP) is 1.32. The van der Waals surface area contributed by atoms with E-state index in [1.165, 1.54) is 13.4 Å². The van der Waals surface area contributed by atoms with Gasteiger partial charge in [0.25, 0.3) is 0 Å². The summed E-state index contributed by atoms with van der Waals surface area (Å²) in [6.07, 6.45) is 2.99. The number of nitrogen functional groups attached to an aromatic ring is 1. The van der Waals surface area contributed by atoms with Gasteiger partial charge in [0.15, 0.2) is 11.6 Å². The maximum Gasteiger partial charge on any atom is 0.189 e. The second-order valence-electron chi connectivity index (χ2n) is 4.01. The Kier molecular flexibility index (Phi) is 3.00. The number of benzene rings is 1. The molecule has 0 unspecified atom stereocenters. The lowest BCUT2D eigenvalue weighted by atomic mass is 10.2. The molecule has 3 rings (SSSR count). The molecule has 1 aromatic carbocycles. The van der Waals surface area contributed by atoms with Gasteiger partial charge in [0.1, 0.15) is 17.7 Å². The van der Waals surface area contributed by atoms with Crippen molar-refractivity contribution in [2.45, 2.75) is 0 Å². The summed E-state index contributed by atoms with van der Waals surface area (Å²) in [7, 11) is 1.52. The van der Waals surface area contributed by atoms with Crippen molar-refractivity contribution >= 4 is 5.82 Å². The minimum absolute atomic E-state index is 0.276. The number of anilines is 1. The van der Waals surface area contributed by atoms with Crippen LogP contribution < -0.4 is 10.5 Å². The maximum atomic E-state index is 5.80. The van der Waals surface area contributed by atoms with Gasteiger partial charge in [-0.3, -0.25) is 0 Å². The minimum Gasteiger partial charge on any atom is -0.491 e. The van der Waals surface area contributed by atoms with Crippen LogP contribution in [0.2, 0.25) is 0 Å². The molecule has 2 aromatic heterocycles. The van der Waals surface area contributed by atoms with Crippen LogP contribution in [0, 0.1) is 0 Å². The Morgan fingerprint density at radius 3 is 2.70 bits per heavy atom. The molecule has 0 amide bonds. The highest BCUT2D eigenvalue weighted by Gasteiger charge is 2.17. The molecule has 0 radical (unpaired) electrons. The summed E-state index contributed by atoms with van der Waals surface area (Å²) in [6, 6.07) is 9.63. The second kappa shape index (κ2) is 4.96. The highest BCUT2D eigenvalue weighted by atomic mass is 16.5. The van der Waals surface area contributed by atoms with Crippen molar-refractivity contribution < 1.29 is 4.74 Å². The summed E-state index contributed by atoms with van der Waals surface area (Å²) in [6.45, 7) is 0. The molecular weight excluding hydrogens is 256 g/mol. The summed E-state index contributed by atoms with van der Waals surface area (Å²) in [5.74, 6) is 0.685. The fourth-order valence-corrected chi connectivity index (χ4v) is 1.93. The van der Waals surface area contributed by atoms with Crippen LogP contribution in [0.1, 0.15) is 0 Å². The van der Waals surface area contributed by atoms with E-state index in [0.29, 0.717) is 17.1 Å². The molecule has 2 N–H and O–H groups in total. The fraction of sp³-hybridized carbons (Fsp3) is 0.0769. The van der Waals surface area contributed by atoms with E-state index in [-0.39, 0.29) is 5.82 Å². The van der Waals surface area contributed by atoms with Gasteiger partial charge in [-0.2, -0.15) is 0 Å². The van der Waals surface area contributed by atoms with E-state index in [1.54, 1.807) is 10.9 Å². The first-order valence-corrected chi connectivity index (χ1v) is 5.92.